The van der Waals surface area contributed by atoms with Crippen LogP contribution in [0.2, 0.25) is 0 Å². The topological polar surface area (TPSA) is 58.2 Å². The first-order valence-electron chi connectivity index (χ1n) is 6.28. The number of rotatable bonds is 3. The lowest BCUT2D eigenvalue weighted by Gasteiger charge is -2.23. The molecule has 1 aliphatic rings. The lowest BCUT2D eigenvalue weighted by Crippen LogP contribution is -2.38. The zero-order chi connectivity index (χ0) is 15.7. The van der Waals surface area contributed by atoms with E-state index in [9.17, 15) is 21.6 Å². The van der Waals surface area contributed by atoms with Gasteiger partial charge in [0.2, 0.25) is 10.0 Å². The van der Waals surface area contributed by atoms with E-state index in [4.69, 9.17) is 0 Å². The van der Waals surface area contributed by atoms with Gasteiger partial charge in [0.15, 0.2) is 0 Å². The zero-order valence-electron chi connectivity index (χ0n) is 10.9. The Morgan fingerprint density at radius 1 is 1.19 bits per heavy atom. The number of hydrogen-bond donors (Lipinski definition) is 2. The van der Waals surface area contributed by atoms with Crippen molar-refractivity contribution in [3.63, 3.8) is 0 Å². The van der Waals surface area contributed by atoms with Crippen LogP contribution in [-0.2, 0) is 16.2 Å². The van der Waals surface area contributed by atoms with Gasteiger partial charge in [-0.1, -0.05) is 15.9 Å². The standard InChI is InChI=1S/C12H14BrF3N2O2S/c13-9-5-8(12(14,15)16)6-10(7-9)18-21(19,20)11-1-3-17-4-2-11/h5-7,11,17-18H,1-4H2. The highest BCUT2D eigenvalue weighted by atomic mass is 79.9. The molecule has 1 heterocycles. The van der Waals surface area contributed by atoms with Crippen LogP contribution in [0, 0.1) is 0 Å². The molecule has 1 aromatic rings. The van der Waals surface area contributed by atoms with Crippen molar-refractivity contribution in [3.8, 4) is 0 Å². The summed E-state index contributed by atoms with van der Waals surface area (Å²) in [7, 11) is -3.69. The first-order chi connectivity index (χ1) is 9.68. The van der Waals surface area contributed by atoms with Crippen LogP contribution in [0.1, 0.15) is 18.4 Å². The maximum Gasteiger partial charge on any atom is 0.416 e. The fourth-order valence-corrected chi connectivity index (χ4v) is 4.13. The molecule has 0 aliphatic carbocycles. The second kappa shape index (κ2) is 6.13. The van der Waals surface area contributed by atoms with Gasteiger partial charge >= 0.3 is 6.18 Å². The summed E-state index contributed by atoms with van der Waals surface area (Å²) >= 11 is 2.96. The van der Waals surface area contributed by atoms with Crippen LogP contribution < -0.4 is 10.0 Å². The lowest BCUT2D eigenvalue weighted by molar-refractivity contribution is -0.137. The van der Waals surface area contributed by atoms with E-state index >= 15 is 0 Å². The molecule has 2 rings (SSSR count). The summed E-state index contributed by atoms with van der Waals surface area (Å²) in [6.07, 6.45) is -3.65. The minimum absolute atomic E-state index is 0.0877. The minimum atomic E-state index is -4.53. The molecule has 1 fully saturated rings. The van der Waals surface area contributed by atoms with Crippen LogP contribution in [0.3, 0.4) is 0 Å². The van der Waals surface area contributed by atoms with Crippen LogP contribution in [0.4, 0.5) is 18.9 Å². The molecule has 0 bridgehead atoms. The smallest absolute Gasteiger partial charge is 0.317 e. The highest BCUT2D eigenvalue weighted by Crippen LogP contribution is 2.34. The Morgan fingerprint density at radius 3 is 2.38 bits per heavy atom. The van der Waals surface area contributed by atoms with E-state index in [1.54, 1.807) is 0 Å². The van der Waals surface area contributed by atoms with Crippen molar-refractivity contribution in [2.45, 2.75) is 24.3 Å². The van der Waals surface area contributed by atoms with Crippen molar-refractivity contribution in [3.05, 3.63) is 28.2 Å². The predicted molar refractivity (Wildman–Crippen MR) is 77.6 cm³/mol. The fourth-order valence-electron chi connectivity index (χ4n) is 2.17. The number of halogens is 4. The number of sulfonamides is 1. The van der Waals surface area contributed by atoms with Gasteiger partial charge in [-0.3, -0.25) is 4.72 Å². The van der Waals surface area contributed by atoms with Crippen LogP contribution >= 0.6 is 15.9 Å². The van der Waals surface area contributed by atoms with Crippen molar-refractivity contribution in [2.24, 2.45) is 0 Å². The van der Waals surface area contributed by atoms with Gasteiger partial charge in [-0.2, -0.15) is 13.2 Å². The molecule has 0 amide bonds. The average Bonchev–Trinajstić information content (AvgIpc) is 2.37. The SMILES string of the molecule is O=S(=O)(Nc1cc(Br)cc(C(F)(F)F)c1)C1CCNCC1. The average molecular weight is 387 g/mol. The number of piperidine rings is 1. The minimum Gasteiger partial charge on any atom is -0.317 e. The molecule has 9 heteroatoms. The Hall–Kier alpha value is -0.800. The molecule has 1 aliphatic heterocycles. The molecule has 21 heavy (non-hydrogen) atoms. The zero-order valence-corrected chi connectivity index (χ0v) is 13.3. The number of alkyl halides is 3. The number of hydrogen-bond acceptors (Lipinski definition) is 3. The normalized spacial score (nSPS) is 17.7. The highest BCUT2D eigenvalue weighted by molar-refractivity contribution is 9.10. The van der Waals surface area contributed by atoms with E-state index in [1.807, 2.05) is 0 Å². The van der Waals surface area contributed by atoms with Gasteiger partial charge in [0.25, 0.3) is 0 Å². The van der Waals surface area contributed by atoms with Gasteiger partial charge in [0.05, 0.1) is 16.5 Å². The van der Waals surface area contributed by atoms with Gasteiger partial charge in [-0.25, -0.2) is 8.42 Å². The second-order valence-corrected chi connectivity index (χ2v) is 7.70. The number of nitrogens with one attached hydrogen (secondary N) is 2. The molecule has 0 unspecified atom stereocenters. The number of benzene rings is 1. The summed E-state index contributed by atoms with van der Waals surface area (Å²) < 4.78 is 65.0. The van der Waals surface area contributed by atoms with Gasteiger partial charge in [-0.05, 0) is 44.1 Å². The molecule has 1 aromatic carbocycles. The van der Waals surface area contributed by atoms with Crippen LogP contribution in [0.5, 0.6) is 0 Å². The first-order valence-corrected chi connectivity index (χ1v) is 8.62. The van der Waals surface area contributed by atoms with E-state index in [1.165, 1.54) is 6.07 Å². The third-order valence-corrected chi connectivity index (χ3v) is 5.54. The summed E-state index contributed by atoms with van der Waals surface area (Å²) in [5.74, 6) is 0. The van der Waals surface area contributed by atoms with Crippen molar-refractivity contribution >= 4 is 31.6 Å². The molecule has 0 atom stereocenters. The molecule has 4 nitrogen and oxygen atoms in total. The fraction of sp³-hybridized carbons (Fsp3) is 0.500. The Balaban J connectivity index is 2.24. The third-order valence-electron chi connectivity index (χ3n) is 3.21. The Morgan fingerprint density at radius 2 is 1.81 bits per heavy atom. The van der Waals surface area contributed by atoms with E-state index in [2.05, 4.69) is 26.0 Å². The van der Waals surface area contributed by atoms with E-state index in [0.717, 1.165) is 12.1 Å². The van der Waals surface area contributed by atoms with Gasteiger partial charge in [-0.15, -0.1) is 0 Å². The van der Waals surface area contributed by atoms with Crippen molar-refractivity contribution in [2.75, 3.05) is 17.8 Å². The molecule has 0 radical (unpaired) electrons. The number of anilines is 1. The molecule has 2 N–H and O–H groups in total. The monoisotopic (exact) mass is 386 g/mol. The van der Waals surface area contributed by atoms with Crippen LogP contribution in [-0.4, -0.2) is 26.8 Å². The third kappa shape index (κ3) is 4.33. The summed E-state index contributed by atoms with van der Waals surface area (Å²) in [6, 6.07) is 3.01. The molecule has 0 spiro atoms. The molecule has 1 saturated heterocycles. The van der Waals surface area contributed by atoms with Crippen molar-refractivity contribution < 1.29 is 21.6 Å². The Labute approximate surface area is 129 Å². The highest BCUT2D eigenvalue weighted by Gasteiger charge is 2.32. The predicted octanol–water partition coefficient (Wildman–Crippen LogP) is 2.96. The Bertz CT molecular complexity index is 613. The Kier molecular flexibility index (Phi) is 4.84. The summed E-state index contributed by atoms with van der Waals surface area (Å²) in [5, 5.41) is 2.45. The van der Waals surface area contributed by atoms with Gasteiger partial charge < -0.3 is 5.32 Å². The maximum atomic E-state index is 12.7. The summed E-state index contributed by atoms with van der Waals surface area (Å²) in [6.45, 7) is 1.16. The summed E-state index contributed by atoms with van der Waals surface area (Å²) in [5.41, 5.74) is -0.991. The molecule has 0 aromatic heterocycles. The van der Waals surface area contributed by atoms with E-state index in [0.29, 0.717) is 25.9 Å². The van der Waals surface area contributed by atoms with Crippen LogP contribution in [0.25, 0.3) is 0 Å². The quantitative estimate of drug-likeness (QED) is 0.839. The molecule has 118 valence electrons. The van der Waals surface area contributed by atoms with Crippen molar-refractivity contribution in [1.29, 1.82) is 0 Å². The molecular weight excluding hydrogens is 373 g/mol. The molecular formula is C12H14BrF3N2O2S. The first kappa shape index (κ1) is 16.6. The maximum absolute atomic E-state index is 12.7. The van der Waals surface area contributed by atoms with E-state index < -0.39 is 27.0 Å². The van der Waals surface area contributed by atoms with Gasteiger partial charge in [0, 0.05) is 4.47 Å². The van der Waals surface area contributed by atoms with Crippen LogP contribution in [0.15, 0.2) is 22.7 Å². The summed E-state index contributed by atoms with van der Waals surface area (Å²) in [4.78, 5) is 0. The van der Waals surface area contributed by atoms with E-state index in [-0.39, 0.29) is 10.2 Å². The largest absolute Gasteiger partial charge is 0.416 e. The van der Waals surface area contributed by atoms with Crippen molar-refractivity contribution in [1.82, 2.24) is 5.32 Å². The van der Waals surface area contributed by atoms with Gasteiger partial charge in [0.1, 0.15) is 0 Å². The second-order valence-electron chi connectivity index (χ2n) is 4.82. The lowest BCUT2D eigenvalue weighted by atomic mass is 10.2. The molecule has 0 saturated carbocycles.